The minimum Gasteiger partial charge on any atom is -0.373 e. The Morgan fingerprint density at radius 3 is 2.50 bits per heavy atom. The van der Waals surface area contributed by atoms with Crippen LogP contribution >= 0.6 is 0 Å². The average molecular weight is 278 g/mol. The lowest BCUT2D eigenvalue weighted by molar-refractivity contribution is 0.0924. The van der Waals surface area contributed by atoms with Crippen molar-refractivity contribution in [3.63, 3.8) is 0 Å². The highest BCUT2D eigenvalue weighted by Crippen LogP contribution is 2.08. The number of likely N-dealkylation sites (N-methyl/N-ethyl adjacent to an activating group) is 1. The van der Waals surface area contributed by atoms with Gasteiger partial charge in [-0.15, -0.1) is 0 Å². The number of anilines is 1. The first-order valence-electron chi connectivity index (χ1n) is 7.01. The molecule has 0 aliphatic heterocycles. The molecule has 1 rings (SSSR count). The Kier molecular flexibility index (Phi) is 6.45. The van der Waals surface area contributed by atoms with Gasteiger partial charge in [-0.25, -0.2) is 4.98 Å². The smallest absolute Gasteiger partial charge is 0.253 e. The largest absolute Gasteiger partial charge is 0.373 e. The van der Waals surface area contributed by atoms with Gasteiger partial charge in [0.15, 0.2) is 0 Å². The molecule has 0 fully saturated rings. The maximum Gasteiger partial charge on any atom is 0.253 e. The number of hydrogen-bond acceptors (Lipinski definition) is 4. The van der Waals surface area contributed by atoms with Crippen molar-refractivity contribution >= 4 is 11.7 Å². The first kappa shape index (κ1) is 16.4. The third-order valence-electron chi connectivity index (χ3n) is 2.96. The number of nitrogens with one attached hydrogen (secondary N) is 2. The van der Waals surface area contributed by atoms with Crippen LogP contribution in [0, 0.1) is 5.92 Å². The van der Waals surface area contributed by atoms with E-state index in [1.165, 1.54) is 0 Å². The summed E-state index contributed by atoms with van der Waals surface area (Å²) >= 11 is 0. The molecule has 5 heteroatoms. The van der Waals surface area contributed by atoms with Crippen molar-refractivity contribution in [3.05, 3.63) is 23.9 Å². The fraction of sp³-hybridized carbons (Fsp3) is 0.600. The first-order valence-corrected chi connectivity index (χ1v) is 7.01. The fourth-order valence-electron chi connectivity index (χ4n) is 2.13. The van der Waals surface area contributed by atoms with Crippen molar-refractivity contribution in [2.24, 2.45) is 5.92 Å². The minimum atomic E-state index is -0.0624. The Bertz CT molecular complexity index is 404. The third kappa shape index (κ3) is 5.57. The molecule has 0 spiro atoms. The number of hydrogen-bond donors (Lipinski definition) is 2. The van der Waals surface area contributed by atoms with E-state index in [1.807, 2.05) is 14.1 Å². The lowest BCUT2D eigenvalue weighted by Crippen LogP contribution is -2.42. The van der Waals surface area contributed by atoms with Crippen LogP contribution in [0.2, 0.25) is 0 Å². The van der Waals surface area contributed by atoms with Gasteiger partial charge in [0, 0.05) is 25.8 Å². The monoisotopic (exact) mass is 278 g/mol. The number of carbonyl (C=O) groups is 1. The summed E-state index contributed by atoms with van der Waals surface area (Å²) in [6.07, 6.45) is 2.56. The second kappa shape index (κ2) is 7.85. The van der Waals surface area contributed by atoms with Gasteiger partial charge in [-0.1, -0.05) is 13.8 Å². The molecular formula is C15H26N4O. The van der Waals surface area contributed by atoms with Crippen molar-refractivity contribution in [1.82, 2.24) is 15.2 Å². The van der Waals surface area contributed by atoms with E-state index in [9.17, 15) is 4.79 Å². The van der Waals surface area contributed by atoms with Crippen molar-refractivity contribution in [1.29, 1.82) is 0 Å². The molecule has 0 aliphatic rings. The van der Waals surface area contributed by atoms with E-state index in [2.05, 4.69) is 34.4 Å². The van der Waals surface area contributed by atoms with E-state index in [-0.39, 0.29) is 11.9 Å². The Hall–Kier alpha value is -1.62. The molecule has 0 saturated heterocycles. The molecule has 1 heterocycles. The van der Waals surface area contributed by atoms with Crippen LogP contribution in [0.25, 0.3) is 0 Å². The van der Waals surface area contributed by atoms with Gasteiger partial charge in [-0.3, -0.25) is 4.79 Å². The SMILES string of the molecule is CNc1ccc(C(=O)NC(CC(C)C)CN(C)C)cn1. The van der Waals surface area contributed by atoms with Gasteiger partial charge < -0.3 is 15.5 Å². The number of carbonyl (C=O) groups excluding carboxylic acids is 1. The lowest BCUT2D eigenvalue weighted by Gasteiger charge is -2.24. The molecule has 0 radical (unpaired) electrons. The highest BCUT2D eigenvalue weighted by Gasteiger charge is 2.16. The normalized spacial score (nSPS) is 12.6. The molecule has 1 unspecified atom stereocenters. The van der Waals surface area contributed by atoms with Crippen LogP contribution in [0.4, 0.5) is 5.82 Å². The number of amides is 1. The van der Waals surface area contributed by atoms with Crippen molar-refractivity contribution in [2.75, 3.05) is 33.0 Å². The number of nitrogens with zero attached hydrogens (tertiary/aromatic N) is 2. The Labute approximate surface area is 121 Å². The van der Waals surface area contributed by atoms with Gasteiger partial charge in [0.25, 0.3) is 5.91 Å². The average Bonchev–Trinajstić information content (AvgIpc) is 2.37. The summed E-state index contributed by atoms with van der Waals surface area (Å²) in [4.78, 5) is 18.5. The maximum atomic E-state index is 12.2. The van der Waals surface area contributed by atoms with Crippen molar-refractivity contribution in [2.45, 2.75) is 26.3 Å². The lowest BCUT2D eigenvalue weighted by atomic mass is 10.0. The molecule has 1 aromatic rings. The number of pyridine rings is 1. The molecule has 1 aromatic heterocycles. The third-order valence-corrected chi connectivity index (χ3v) is 2.96. The van der Waals surface area contributed by atoms with E-state index in [1.54, 1.807) is 25.4 Å². The van der Waals surface area contributed by atoms with Gasteiger partial charge >= 0.3 is 0 Å². The molecule has 5 nitrogen and oxygen atoms in total. The summed E-state index contributed by atoms with van der Waals surface area (Å²) in [5.41, 5.74) is 0.594. The van der Waals surface area contributed by atoms with Gasteiger partial charge in [0.1, 0.15) is 5.82 Å². The Balaban J connectivity index is 2.68. The summed E-state index contributed by atoms with van der Waals surface area (Å²) in [6.45, 7) is 5.17. The summed E-state index contributed by atoms with van der Waals surface area (Å²) in [5.74, 6) is 1.24. The molecular weight excluding hydrogens is 252 g/mol. The summed E-state index contributed by atoms with van der Waals surface area (Å²) in [5, 5.41) is 6.03. The van der Waals surface area contributed by atoms with Crippen LogP contribution in [-0.2, 0) is 0 Å². The Morgan fingerprint density at radius 2 is 2.05 bits per heavy atom. The van der Waals surface area contributed by atoms with Crippen molar-refractivity contribution < 1.29 is 4.79 Å². The molecule has 2 N–H and O–H groups in total. The van der Waals surface area contributed by atoms with Crippen molar-refractivity contribution in [3.8, 4) is 0 Å². The summed E-state index contributed by atoms with van der Waals surface area (Å²) < 4.78 is 0. The molecule has 0 bridgehead atoms. The van der Waals surface area contributed by atoms with Crippen LogP contribution in [0.1, 0.15) is 30.6 Å². The van der Waals surface area contributed by atoms with E-state index in [0.29, 0.717) is 11.5 Å². The molecule has 20 heavy (non-hydrogen) atoms. The highest BCUT2D eigenvalue weighted by molar-refractivity contribution is 5.94. The minimum absolute atomic E-state index is 0.0624. The zero-order valence-electron chi connectivity index (χ0n) is 13.1. The van der Waals surface area contributed by atoms with E-state index in [0.717, 1.165) is 18.8 Å². The number of aromatic nitrogens is 1. The van der Waals surface area contributed by atoms with Gasteiger partial charge in [0.2, 0.25) is 0 Å². The van der Waals surface area contributed by atoms with E-state index < -0.39 is 0 Å². The van der Waals surface area contributed by atoms with Gasteiger partial charge in [-0.2, -0.15) is 0 Å². The Morgan fingerprint density at radius 1 is 1.35 bits per heavy atom. The second-order valence-corrected chi connectivity index (χ2v) is 5.74. The number of rotatable bonds is 7. The predicted octanol–water partition coefficient (Wildman–Crippen LogP) is 1.83. The van der Waals surface area contributed by atoms with E-state index in [4.69, 9.17) is 0 Å². The standard InChI is InChI=1S/C15H26N4O/c1-11(2)8-13(10-19(4)5)18-15(20)12-6-7-14(16-3)17-9-12/h6-7,9,11,13H,8,10H2,1-5H3,(H,16,17)(H,18,20). The zero-order chi connectivity index (χ0) is 15.1. The van der Waals surface area contributed by atoms with Crippen LogP contribution < -0.4 is 10.6 Å². The maximum absolute atomic E-state index is 12.2. The zero-order valence-corrected chi connectivity index (χ0v) is 13.1. The molecule has 1 atom stereocenters. The summed E-state index contributed by atoms with van der Waals surface area (Å²) in [6, 6.07) is 3.75. The quantitative estimate of drug-likeness (QED) is 0.799. The molecule has 0 saturated carbocycles. The first-order chi connectivity index (χ1) is 9.42. The van der Waals surface area contributed by atoms with Gasteiger partial charge in [-0.05, 0) is 38.6 Å². The van der Waals surface area contributed by atoms with Crippen LogP contribution in [0.3, 0.4) is 0 Å². The molecule has 1 amide bonds. The highest BCUT2D eigenvalue weighted by atomic mass is 16.1. The van der Waals surface area contributed by atoms with Crippen LogP contribution in [-0.4, -0.2) is 49.5 Å². The summed E-state index contributed by atoms with van der Waals surface area (Å²) in [7, 11) is 5.84. The molecule has 0 aromatic carbocycles. The predicted molar refractivity (Wildman–Crippen MR) is 83.0 cm³/mol. The second-order valence-electron chi connectivity index (χ2n) is 5.74. The topological polar surface area (TPSA) is 57.3 Å². The molecule has 0 aliphatic carbocycles. The van der Waals surface area contributed by atoms with Crippen LogP contribution in [0.5, 0.6) is 0 Å². The van der Waals surface area contributed by atoms with Gasteiger partial charge in [0.05, 0.1) is 5.56 Å². The molecule has 112 valence electrons. The van der Waals surface area contributed by atoms with Crippen LogP contribution in [0.15, 0.2) is 18.3 Å². The van der Waals surface area contributed by atoms with E-state index >= 15 is 0 Å². The fourth-order valence-corrected chi connectivity index (χ4v) is 2.13.